The zero-order valence-corrected chi connectivity index (χ0v) is 16.2. The van der Waals surface area contributed by atoms with Crippen LogP contribution in [0.1, 0.15) is 20.2 Å². The first-order valence-electron chi connectivity index (χ1n) is 7.64. The molecule has 0 fully saturated rings. The Hall–Kier alpha value is -1.94. The number of rotatable bonds is 7. The first-order chi connectivity index (χ1) is 12.3. The number of nitrogens with zero attached hydrogens (tertiary/aromatic N) is 2. The third-order valence-corrected chi connectivity index (χ3v) is 5.49. The van der Waals surface area contributed by atoms with Crippen molar-refractivity contribution in [2.45, 2.75) is 13.0 Å². The van der Waals surface area contributed by atoms with Gasteiger partial charge in [0.25, 0.3) is 0 Å². The van der Waals surface area contributed by atoms with Gasteiger partial charge >= 0.3 is 5.97 Å². The van der Waals surface area contributed by atoms with Crippen molar-refractivity contribution < 1.29 is 17.9 Å². The van der Waals surface area contributed by atoms with Gasteiger partial charge in [-0.3, -0.25) is 0 Å². The molecule has 0 saturated carbocycles. The fourth-order valence-corrected chi connectivity index (χ4v) is 3.82. The Kier molecular flexibility index (Phi) is 5.61. The summed E-state index contributed by atoms with van der Waals surface area (Å²) in [5.41, 5.74) is 1.34. The van der Waals surface area contributed by atoms with Crippen LogP contribution in [0.3, 0.4) is 0 Å². The minimum Gasteiger partial charge on any atom is -0.455 e. The maximum Gasteiger partial charge on any atom is 0.348 e. The number of thiophene rings is 1. The van der Waals surface area contributed by atoms with E-state index in [1.54, 1.807) is 41.1 Å². The summed E-state index contributed by atoms with van der Waals surface area (Å²) in [6.07, 6.45) is 5.10. The minimum atomic E-state index is -3.21. The predicted octanol–water partition coefficient (Wildman–Crippen LogP) is 2.50. The molecule has 0 aliphatic rings. The van der Waals surface area contributed by atoms with Gasteiger partial charge in [-0.05, 0) is 30.7 Å². The molecule has 7 nitrogen and oxygen atoms in total. The Labute approximate surface area is 159 Å². The third kappa shape index (κ3) is 5.04. The highest BCUT2D eigenvalue weighted by Crippen LogP contribution is 2.19. The van der Waals surface area contributed by atoms with Gasteiger partial charge in [-0.1, -0.05) is 11.6 Å². The zero-order valence-electron chi connectivity index (χ0n) is 13.8. The standard InChI is InChI=1S/C16H16ClN3O4S2/c1-26(22,23)18-7-6-13-3-4-14(25-13)16(21)24-10-12-9-20-8-11(17)2-5-15(20)19-12/h2-5,8-9,18H,6-7,10H2,1H3. The van der Waals surface area contributed by atoms with E-state index in [9.17, 15) is 13.2 Å². The number of halogens is 1. The summed E-state index contributed by atoms with van der Waals surface area (Å²) in [5.74, 6) is -0.438. The van der Waals surface area contributed by atoms with Gasteiger partial charge in [0.15, 0.2) is 0 Å². The fourth-order valence-electron chi connectivity index (χ4n) is 2.28. The van der Waals surface area contributed by atoms with Gasteiger partial charge in [0.05, 0.1) is 17.0 Å². The molecule has 0 aliphatic heterocycles. The summed E-state index contributed by atoms with van der Waals surface area (Å²) < 4.78 is 31.6. The number of carbonyl (C=O) groups excluding carboxylic acids is 1. The zero-order chi connectivity index (χ0) is 18.7. The van der Waals surface area contributed by atoms with Crippen molar-refractivity contribution in [3.05, 3.63) is 57.1 Å². The van der Waals surface area contributed by atoms with E-state index in [0.29, 0.717) is 22.0 Å². The van der Waals surface area contributed by atoms with Crippen LogP contribution in [-0.4, -0.2) is 36.6 Å². The van der Waals surface area contributed by atoms with Crippen LogP contribution in [0.25, 0.3) is 5.65 Å². The first-order valence-corrected chi connectivity index (χ1v) is 10.7. The molecule has 0 amide bonds. The summed E-state index contributed by atoms with van der Waals surface area (Å²) in [6.45, 7) is 0.346. The highest BCUT2D eigenvalue weighted by molar-refractivity contribution is 7.88. The van der Waals surface area contributed by atoms with Gasteiger partial charge in [-0.2, -0.15) is 0 Å². The number of hydrogen-bond donors (Lipinski definition) is 1. The average molecular weight is 414 g/mol. The topological polar surface area (TPSA) is 89.8 Å². The summed E-state index contributed by atoms with van der Waals surface area (Å²) in [5, 5.41) is 0.593. The molecule has 26 heavy (non-hydrogen) atoms. The molecule has 0 spiro atoms. The molecule has 0 radical (unpaired) electrons. The smallest absolute Gasteiger partial charge is 0.348 e. The van der Waals surface area contributed by atoms with Crippen LogP contribution in [0.15, 0.2) is 36.7 Å². The van der Waals surface area contributed by atoms with Crippen molar-refractivity contribution in [1.82, 2.24) is 14.1 Å². The van der Waals surface area contributed by atoms with E-state index >= 15 is 0 Å². The van der Waals surface area contributed by atoms with Crippen LogP contribution in [0.2, 0.25) is 5.02 Å². The molecule has 3 heterocycles. The van der Waals surface area contributed by atoms with Crippen molar-refractivity contribution in [1.29, 1.82) is 0 Å². The monoisotopic (exact) mass is 413 g/mol. The molecular formula is C16H16ClN3O4S2. The van der Waals surface area contributed by atoms with Crippen molar-refractivity contribution in [2.75, 3.05) is 12.8 Å². The van der Waals surface area contributed by atoms with Gasteiger partial charge in [-0.25, -0.2) is 22.9 Å². The van der Waals surface area contributed by atoms with E-state index in [1.165, 1.54) is 11.3 Å². The Bertz CT molecular complexity index is 1040. The largest absolute Gasteiger partial charge is 0.455 e. The lowest BCUT2D eigenvalue weighted by Crippen LogP contribution is -2.23. The Morgan fingerprint density at radius 2 is 2.12 bits per heavy atom. The molecule has 1 N–H and O–H groups in total. The Morgan fingerprint density at radius 1 is 1.31 bits per heavy atom. The lowest BCUT2D eigenvalue weighted by molar-refractivity contribution is 0.0474. The summed E-state index contributed by atoms with van der Waals surface area (Å²) in [7, 11) is -3.21. The predicted molar refractivity (Wildman–Crippen MR) is 100 cm³/mol. The molecule has 0 aliphatic carbocycles. The number of sulfonamides is 1. The number of carbonyl (C=O) groups is 1. The first kappa shape index (κ1) is 18.8. The highest BCUT2D eigenvalue weighted by Gasteiger charge is 2.12. The SMILES string of the molecule is CS(=O)(=O)NCCc1ccc(C(=O)OCc2cn3cc(Cl)ccc3n2)s1. The molecule has 0 aromatic carbocycles. The molecule has 3 aromatic rings. The molecule has 138 valence electrons. The van der Waals surface area contributed by atoms with Crippen molar-refractivity contribution in [3.63, 3.8) is 0 Å². The lowest BCUT2D eigenvalue weighted by Gasteiger charge is -2.01. The molecule has 3 aromatic heterocycles. The molecule has 3 rings (SSSR count). The Balaban J connectivity index is 1.56. The number of fused-ring (bicyclic) bond motifs is 1. The van der Waals surface area contributed by atoms with Crippen LogP contribution in [-0.2, 0) is 27.8 Å². The average Bonchev–Trinajstić information content (AvgIpc) is 3.17. The molecule has 0 unspecified atom stereocenters. The number of imidazole rings is 1. The molecule has 0 saturated heterocycles. The number of nitrogens with one attached hydrogen (secondary N) is 1. The summed E-state index contributed by atoms with van der Waals surface area (Å²) in [6, 6.07) is 6.99. The molecule has 10 heteroatoms. The number of pyridine rings is 1. The maximum atomic E-state index is 12.2. The quantitative estimate of drug-likeness (QED) is 0.601. The molecule has 0 bridgehead atoms. The van der Waals surface area contributed by atoms with Crippen LogP contribution in [0.4, 0.5) is 0 Å². The van der Waals surface area contributed by atoms with E-state index in [0.717, 1.165) is 16.8 Å². The van der Waals surface area contributed by atoms with Gasteiger partial charge in [0, 0.05) is 23.8 Å². The maximum absolute atomic E-state index is 12.2. The fraction of sp³-hybridized carbons (Fsp3) is 0.250. The van der Waals surface area contributed by atoms with Crippen LogP contribution in [0, 0.1) is 0 Å². The van der Waals surface area contributed by atoms with Gasteiger partial charge in [0.1, 0.15) is 17.1 Å². The molecular weight excluding hydrogens is 398 g/mol. The number of ether oxygens (including phenoxy) is 1. The summed E-state index contributed by atoms with van der Waals surface area (Å²) in [4.78, 5) is 17.9. The van der Waals surface area contributed by atoms with Crippen LogP contribution in [0.5, 0.6) is 0 Å². The third-order valence-electron chi connectivity index (χ3n) is 3.41. The van der Waals surface area contributed by atoms with Crippen molar-refractivity contribution in [2.24, 2.45) is 0 Å². The number of esters is 1. The molecule has 0 atom stereocenters. The van der Waals surface area contributed by atoms with Gasteiger partial charge in [-0.15, -0.1) is 11.3 Å². The minimum absolute atomic E-state index is 0.0565. The normalized spacial score (nSPS) is 11.8. The van der Waals surface area contributed by atoms with Gasteiger partial charge in [0.2, 0.25) is 10.0 Å². The Morgan fingerprint density at radius 3 is 2.88 bits per heavy atom. The second-order valence-electron chi connectivity index (χ2n) is 5.60. The van der Waals surface area contributed by atoms with Gasteiger partial charge < -0.3 is 9.14 Å². The van der Waals surface area contributed by atoms with Crippen molar-refractivity contribution in [3.8, 4) is 0 Å². The van der Waals surface area contributed by atoms with Crippen LogP contribution >= 0.6 is 22.9 Å². The van der Waals surface area contributed by atoms with E-state index in [1.807, 2.05) is 0 Å². The van der Waals surface area contributed by atoms with E-state index in [2.05, 4.69) is 9.71 Å². The lowest BCUT2D eigenvalue weighted by atomic mass is 10.3. The highest BCUT2D eigenvalue weighted by atomic mass is 35.5. The number of aromatic nitrogens is 2. The second kappa shape index (κ2) is 7.75. The van der Waals surface area contributed by atoms with E-state index in [4.69, 9.17) is 16.3 Å². The van der Waals surface area contributed by atoms with Crippen molar-refractivity contribution >= 4 is 44.6 Å². The summed E-state index contributed by atoms with van der Waals surface area (Å²) >= 11 is 7.21. The van der Waals surface area contributed by atoms with Crippen LogP contribution < -0.4 is 4.72 Å². The number of hydrogen-bond acceptors (Lipinski definition) is 6. The van der Waals surface area contributed by atoms with E-state index in [-0.39, 0.29) is 13.2 Å². The second-order valence-corrected chi connectivity index (χ2v) is 9.04. The van der Waals surface area contributed by atoms with E-state index < -0.39 is 16.0 Å².